The zero-order chi connectivity index (χ0) is 36.8. The van der Waals surface area contributed by atoms with Gasteiger partial charge in [-0.25, -0.2) is 13.4 Å². The van der Waals surface area contributed by atoms with E-state index in [0.717, 1.165) is 76.9 Å². The Morgan fingerprint density at radius 2 is 1.77 bits per heavy atom. The van der Waals surface area contributed by atoms with Crippen molar-refractivity contribution in [3.05, 3.63) is 41.0 Å². The lowest BCUT2D eigenvalue weighted by molar-refractivity contribution is -0.123. The Morgan fingerprint density at radius 1 is 1.04 bits per heavy atom. The van der Waals surface area contributed by atoms with E-state index in [1.165, 1.54) is 11.4 Å². The van der Waals surface area contributed by atoms with E-state index < -0.39 is 10.0 Å². The van der Waals surface area contributed by atoms with E-state index in [1.807, 2.05) is 12.1 Å². The van der Waals surface area contributed by atoms with Gasteiger partial charge in [-0.3, -0.25) is 14.0 Å². The highest BCUT2D eigenvalue weighted by atomic mass is 79.9. The highest BCUT2D eigenvalue weighted by Crippen LogP contribution is 2.41. The quantitative estimate of drug-likeness (QED) is 0.316. The molecule has 52 heavy (non-hydrogen) atoms. The number of aromatic nitrogens is 2. The predicted octanol–water partition coefficient (Wildman–Crippen LogP) is 4.01. The summed E-state index contributed by atoms with van der Waals surface area (Å²) < 4.78 is 45.2. The second-order valence-electron chi connectivity index (χ2n) is 13.4. The van der Waals surface area contributed by atoms with Gasteiger partial charge in [0, 0.05) is 76.8 Å². The summed E-state index contributed by atoms with van der Waals surface area (Å²) in [5.41, 5.74) is 2.45. The number of hydrogen-bond donors (Lipinski definition) is 3. The molecule has 0 unspecified atom stereocenters. The molecule has 1 aromatic heterocycles. The molecule has 0 aliphatic carbocycles. The highest BCUT2D eigenvalue weighted by molar-refractivity contribution is 9.10. The van der Waals surface area contributed by atoms with Crippen molar-refractivity contribution in [3.63, 3.8) is 0 Å². The van der Waals surface area contributed by atoms with Crippen LogP contribution in [0.25, 0.3) is 0 Å². The first-order valence-electron chi connectivity index (χ1n) is 17.5. The molecule has 3 aromatic rings. The third-order valence-electron chi connectivity index (χ3n) is 9.56. The Bertz CT molecular complexity index is 1840. The Balaban J connectivity index is 1.22. The Hall–Kier alpha value is -4.06. The number of carbonyl (C=O) groups excluding carboxylic acids is 1. The number of carbonyl (C=O) groups is 1. The summed E-state index contributed by atoms with van der Waals surface area (Å²) >= 11 is 3.53. The van der Waals surface area contributed by atoms with E-state index >= 15 is 0 Å². The molecule has 0 atom stereocenters. The Morgan fingerprint density at radius 3 is 2.48 bits per heavy atom. The van der Waals surface area contributed by atoms with Crippen molar-refractivity contribution in [2.24, 2.45) is 0 Å². The van der Waals surface area contributed by atoms with Gasteiger partial charge in [0.15, 0.2) is 0 Å². The molecule has 282 valence electrons. The minimum absolute atomic E-state index is 0.0890. The van der Waals surface area contributed by atoms with Crippen LogP contribution in [0.3, 0.4) is 0 Å². The van der Waals surface area contributed by atoms with Crippen LogP contribution >= 0.6 is 15.9 Å². The number of piperazine rings is 1. The first-order chi connectivity index (χ1) is 25.0. The largest absolute Gasteiger partial charge is 0.494 e. The van der Waals surface area contributed by atoms with Crippen LogP contribution in [0.1, 0.15) is 25.7 Å². The summed E-state index contributed by atoms with van der Waals surface area (Å²) in [7, 11) is 1.65. The number of halogens is 1. The molecule has 7 rings (SSSR count). The average Bonchev–Trinajstić information content (AvgIpc) is 3.12. The number of likely N-dealkylation sites (N-methyl/N-ethyl adjacent to an activating group) is 1. The molecule has 0 saturated carbocycles. The van der Waals surface area contributed by atoms with E-state index in [0.29, 0.717) is 64.4 Å². The summed E-state index contributed by atoms with van der Waals surface area (Å²) in [4.78, 5) is 28.8. The topological polar surface area (TPSA) is 154 Å². The van der Waals surface area contributed by atoms with Crippen LogP contribution in [0.15, 0.2) is 41.0 Å². The van der Waals surface area contributed by atoms with Gasteiger partial charge in [-0.1, -0.05) is 0 Å². The molecular formula is C35H48BrN9O6S. The third-order valence-corrected chi connectivity index (χ3v) is 11.3. The fraction of sp³-hybridized carbons (Fsp3) is 0.514. The van der Waals surface area contributed by atoms with Crippen molar-refractivity contribution in [3.8, 4) is 17.2 Å². The number of nitrogens with zero attached hydrogens (tertiary/aromatic N) is 6. The van der Waals surface area contributed by atoms with Crippen LogP contribution in [0.5, 0.6) is 17.2 Å². The maximum atomic E-state index is 12.9. The lowest BCUT2D eigenvalue weighted by Crippen LogP contribution is -2.51. The molecule has 2 fully saturated rings. The van der Waals surface area contributed by atoms with E-state index in [9.17, 15) is 13.2 Å². The first-order valence-corrected chi connectivity index (χ1v) is 20.2. The van der Waals surface area contributed by atoms with E-state index in [4.69, 9.17) is 19.2 Å². The van der Waals surface area contributed by atoms with Gasteiger partial charge < -0.3 is 40.0 Å². The number of ether oxygens (including phenoxy) is 3. The highest BCUT2D eigenvalue weighted by Gasteiger charge is 2.26. The molecule has 2 saturated heterocycles. The van der Waals surface area contributed by atoms with Crippen LogP contribution in [0, 0.1) is 0 Å². The second kappa shape index (κ2) is 16.7. The number of piperidine rings is 1. The summed E-state index contributed by atoms with van der Waals surface area (Å²) in [6.07, 6.45) is 5.84. The number of amides is 1. The van der Waals surface area contributed by atoms with Crippen molar-refractivity contribution in [1.29, 1.82) is 0 Å². The van der Waals surface area contributed by atoms with Crippen molar-refractivity contribution >= 4 is 66.4 Å². The molecule has 0 radical (unpaired) electrons. The molecule has 6 bridgehead atoms. The van der Waals surface area contributed by atoms with Gasteiger partial charge >= 0.3 is 0 Å². The molecule has 2 aromatic carbocycles. The number of nitrogens with one attached hydrogen (secondary N) is 3. The average molecular weight is 803 g/mol. The molecule has 1 amide bonds. The SMILES string of the molecule is COc1cc(N2CCC(NC(=O)CN3CCN(C)CC3)CC2)c2cc1Nc1ncc(Br)c(n1)Nc1ccc(cc1N(C)S(C)(=O)=O)OCCCCO2. The lowest BCUT2D eigenvalue weighted by atomic mass is 10.0. The molecule has 5 heterocycles. The Labute approximate surface area is 314 Å². The monoisotopic (exact) mass is 801 g/mol. The van der Waals surface area contributed by atoms with Gasteiger partial charge in [-0.15, -0.1) is 0 Å². The van der Waals surface area contributed by atoms with Gasteiger partial charge in [0.25, 0.3) is 0 Å². The van der Waals surface area contributed by atoms with E-state index in [2.05, 4.69) is 58.6 Å². The van der Waals surface area contributed by atoms with E-state index in [-0.39, 0.29) is 17.9 Å². The van der Waals surface area contributed by atoms with Gasteiger partial charge in [-0.05, 0) is 60.8 Å². The normalized spacial score (nSPS) is 17.8. The molecule has 4 aliphatic heterocycles. The predicted molar refractivity (Wildman–Crippen MR) is 207 cm³/mol. The lowest BCUT2D eigenvalue weighted by Gasteiger charge is -2.36. The van der Waals surface area contributed by atoms with Gasteiger partial charge in [0.05, 0.1) is 60.3 Å². The van der Waals surface area contributed by atoms with Gasteiger partial charge in [-0.2, -0.15) is 4.98 Å². The molecule has 17 heteroatoms. The van der Waals surface area contributed by atoms with Crippen LogP contribution < -0.4 is 39.4 Å². The minimum atomic E-state index is -3.58. The number of benzene rings is 2. The minimum Gasteiger partial charge on any atom is -0.494 e. The molecule has 4 aliphatic rings. The van der Waals surface area contributed by atoms with Crippen molar-refractivity contribution in [2.45, 2.75) is 31.7 Å². The van der Waals surface area contributed by atoms with Crippen molar-refractivity contribution < 1.29 is 27.4 Å². The third kappa shape index (κ3) is 9.48. The van der Waals surface area contributed by atoms with Crippen LogP contribution in [0.4, 0.5) is 34.5 Å². The fourth-order valence-corrected chi connectivity index (χ4v) is 7.21. The first kappa shape index (κ1) is 37.7. The number of methoxy groups -OCH3 is 1. The molecule has 15 nitrogen and oxygen atoms in total. The zero-order valence-corrected chi connectivity index (χ0v) is 32.6. The summed E-state index contributed by atoms with van der Waals surface area (Å²) in [6, 6.07) is 9.25. The van der Waals surface area contributed by atoms with Crippen LogP contribution in [0.2, 0.25) is 0 Å². The fourth-order valence-electron chi connectivity index (χ4n) is 6.41. The number of rotatable bonds is 7. The Kier molecular flexibility index (Phi) is 12.1. The smallest absolute Gasteiger partial charge is 0.234 e. The maximum absolute atomic E-state index is 12.9. The van der Waals surface area contributed by atoms with Gasteiger partial charge in [0.1, 0.15) is 23.1 Å². The molecule has 0 spiro atoms. The second-order valence-corrected chi connectivity index (χ2v) is 16.3. The van der Waals surface area contributed by atoms with Crippen LogP contribution in [-0.4, -0.2) is 127 Å². The van der Waals surface area contributed by atoms with Crippen LogP contribution in [-0.2, 0) is 14.8 Å². The molecular weight excluding hydrogens is 754 g/mol. The zero-order valence-electron chi connectivity index (χ0n) is 30.2. The van der Waals surface area contributed by atoms with Crippen molar-refractivity contribution in [1.82, 2.24) is 25.1 Å². The molecule has 3 N–H and O–H groups in total. The van der Waals surface area contributed by atoms with Crippen molar-refractivity contribution in [2.75, 3.05) is 106 Å². The number of hydrogen-bond acceptors (Lipinski definition) is 13. The standard InChI is InChI=1S/C35H48BrN9O6S/c1-42-13-15-44(16-14-42)23-33(46)38-24-9-11-45(12-10-24)30-21-31(49-3)28-20-32(30)51-18-6-5-17-50-25-7-8-27(29(19-25)43(2)52(4,47)48)39-34-26(36)22-37-35(40-28)41-34/h7-8,19-22,24H,5-6,9-18,23H2,1-4H3,(H,38,46)(H2,37,39,40,41). The summed E-state index contributed by atoms with van der Waals surface area (Å²) in [5, 5.41) is 9.83. The number of anilines is 6. The summed E-state index contributed by atoms with van der Waals surface area (Å²) in [5.74, 6) is 2.62. The summed E-state index contributed by atoms with van der Waals surface area (Å²) in [6.45, 7) is 6.61. The maximum Gasteiger partial charge on any atom is 0.234 e. The number of sulfonamides is 1. The van der Waals surface area contributed by atoms with E-state index in [1.54, 1.807) is 31.5 Å². The number of fused-ring (bicyclic) bond motifs is 7. The van der Waals surface area contributed by atoms with Gasteiger partial charge in [0.2, 0.25) is 21.9 Å².